The largest absolute Gasteiger partial charge is 0.336 e. The summed E-state index contributed by atoms with van der Waals surface area (Å²) in [4.78, 5) is 35.7. The summed E-state index contributed by atoms with van der Waals surface area (Å²) >= 11 is 3.11. The lowest BCUT2D eigenvalue weighted by Crippen LogP contribution is -2.48. The molecule has 28 heavy (non-hydrogen) atoms. The summed E-state index contributed by atoms with van der Waals surface area (Å²) in [6, 6.07) is 7.66. The van der Waals surface area contributed by atoms with Crippen molar-refractivity contribution in [2.45, 2.75) is 18.4 Å². The van der Waals surface area contributed by atoms with Crippen LogP contribution in [0.2, 0.25) is 0 Å². The molecule has 3 heterocycles. The number of aromatic nitrogens is 2. The number of hydrogen-bond donors (Lipinski definition) is 0. The third-order valence-corrected chi connectivity index (χ3v) is 6.56. The van der Waals surface area contributed by atoms with Crippen LogP contribution in [0.5, 0.6) is 0 Å². The van der Waals surface area contributed by atoms with E-state index in [4.69, 9.17) is 0 Å². The van der Waals surface area contributed by atoms with E-state index < -0.39 is 0 Å². The van der Waals surface area contributed by atoms with E-state index in [0.717, 1.165) is 39.8 Å². The minimum absolute atomic E-state index is 0.0424. The van der Waals surface area contributed by atoms with E-state index >= 15 is 0 Å². The standard InChI is InChI=1S/C20H22N4O2S2/c1-14-3-4-16(27-2)12-17(14)19(26)23-7-5-22(6-8-23)13-15-11-18(25)24-9-10-28-20(24)21-15/h3-4,9-12H,5-8,13H2,1-2H3. The summed E-state index contributed by atoms with van der Waals surface area (Å²) in [6.45, 7) is 5.53. The quantitative estimate of drug-likeness (QED) is 0.615. The fraction of sp³-hybridized carbons (Fsp3) is 0.350. The van der Waals surface area contributed by atoms with E-state index in [2.05, 4.69) is 16.0 Å². The molecule has 0 unspecified atom stereocenters. The van der Waals surface area contributed by atoms with E-state index in [1.54, 1.807) is 28.4 Å². The summed E-state index contributed by atoms with van der Waals surface area (Å²) in [5.41, 5.74) is 2.55. The molecule has 0 atom stereocenters. The number of thiazole rings is 1. The van der Waals surface area contributed by atoms with Gasteiger partial charge in [-0.2, -0.15) is 0 Å². The highest BCUT2D eigenvalue weighted by atomic mass is 32.2. The van der Waals surface area contributed by atoms with Gasteiger partial charge < -0.3 is 4.90 Å². The van der Waals surface area contributed by atoms with Crippen LogP contribution in [0.4, 0.5) is 0 Å². The zero-order chi connectivity index (χ0) is 19.7. The number of carbonyl (C=O) groups is 1. The first-order valence-corrected chi connectivity index (χ1v) is 11.3. The lowest BCUT2D eigenvalue weighted by molar-refractivity contribution is 0.0626. The smallest absolute Gasteiger partial charge is 0.258 e. The Kier molecular flexibility index (Phi) is 5.52. The van der Waals surface area contributed by atoms with Crippen molar-refractivity contribution in [2.75, 3.05) is 32.4 Å². The topological polar surface area (TPSA) is 57.9 Å². The van der Waals surface area contributed by atoms with Crippen molar-refractivity contribution in [3.05, 3.63) is 63.0 Å². The van der Waals surface area contributed by atoms with Gasteiger partial charge in [0.15, 0.2) is 4.96 Å². The summed E-state index contributed by atoms with van der Waals surface area (Å²) < 4.78 is 1.57. The number of aryl methyl sites for hydroxylation is 1. The highest BCUT2D eigenvalue weighted by Gasteiger charge is 2.23. The Morgan fingerprint density at radius 3 is 2.75 bits per heavy atom. The van der Waals surface area contributed by atoms with Crippen molar-refractivity contribution in [2.24, 2.45) is 0 Å². The summed E-state index contributed by atoms with van der Waals surface area (Å²) in [6.07, 6.45) is 3.77. The van der Waals surface area contributed by atoms with Gasteiger partial charge in [0, 0.05) is 60.8 Å². The van der Waals surface area contributed by atoms with Crippen LogP contribution in [0, 0.1) is 6.92 Å². The Morgan fingerprint density at radius 1 is 1.21 bits per heavy atom. The first kappa shape index (κ1) is 19.2. The van der Waals surface area contributed by atoms with Crippen LogP contribution in [-0.4, -0.2) is 57.5 Å². The maximum atomic E-state index is 13.0. The molecule has 0 saturated carbocycles. The summed E-state index contributed by atoms with van der Waals surface area (Å²) in [5.74, 6) is 0.101. The predicted molar refractivity (Wildman–Crippen MR) is 113 cm³/mol. The van der Waals surface area contributed by atoms with Crippen molar-refractivity contribution in [1.29, 1.82) is 0 Å². The van der Waals surface area contributed by atoms with Crippen LogP contribution in [0.3, 0.4) is 0 Å². The number of thioether (sulfide) groups is 1. The SMILES string of the molecule is CSc1ccc(C)c(C(=O)N2CCN(Cc3cc(=O)n4ccsc4n3)CC2)c1. The third kappa shape index (κ3) is 3.85. The Bertz CT molecular complexity index is 1070. The average molecular weight is 415 g/mol. The molecule has 1 aliphatic heterocycles. The number of amides is 1. The number of hydrogen-bond acceptors (Lipinski definition) is 6. The molecule has 2 aromatic heterocycles. The van der Waals surface area contributed by atoms with E-state index in [-0.39, 0.29) is 11.5 Å². The van der Waals surface area contributed by atoms with E-state index in [1.807, 2.05) is 35.6 Å². The maximum absolute atomic E-state index is 13.0. The lowest BCUT2D eigenvalue weighted by atomic mass is 10.1. The molecule has 6 nitrogen and oxygen atoms in total. The van der Waals surface area contributed by atoms with Gasteiger partial charge in [0.25, 0.3) is 11.5 Å². The molecular formula is C20H22N4O2S2. The van der Waals surface area contributed by atoms with Gasteiger partial charge >= 0.3 is 0 Å². The van der Waals surface area contributed by atoms with Crippen LogP contribution in [0.1, 0.15) is 21.6 Å². The van der Waals surface area contributed by atoms with Gasteiger partial charge in [-0.3, -0.25) is 18.9 Å². The van der Waals surface area contributed by atoms with Gasteiger partial charge in [-0.25, -0.2) is 4.98 Å². The minimum atomic E-state index is -0.0424. The van der Waals surface area contributed by atoms with Crippen LogP contribution < -0.4 is 5.56 Å². The number of piperazine rings is 1. The lowest BCUT2D eigenvalue weighted by Gasteiger charge is -2.34. The second-order valence-electron chi connectivity index (χ2n) is 6.89. The van der Waals surface area contributed by atoms with Gasteiger partial charge in [0.05, 0.1) is 5.69 Å². The Hall–Kier alpha value is -2.16. The maximum Gasteiger partial charge on any atom is 0.258 e. The second-order valence-corrected chi connectivity index (χ2v) is 8.64. The first-order chi connectivity index (χ1) is 13.5. The van der Waals surface area contributed by atoms with Crippen LogP contribution in [0.15, 0.2) is 45.5 Å². The number of carbonyl (C=O) groups excluding carboxylic acids is 1. The Labute approximate surface area is 171 Å². The van der Waals surface area contributed by atoms with Crippen molar-refractivity contribution in [1.82, 2.24) is 19.2 Å². The second kappa shape index (κ2) is 8.06. The van der Waals surface area contributed by atoms with Crippen molar-refractivity contribution >= 4 is 34.0 Å². The van der Waals surface area contributed by atoms with Gasteiger partial charge in [-0.1, -0.05) is 6.07 Å². The normalized spacial score (nSPS) is 15.3. The molecular weight excluding hydrogens is 392 g/mol. The molecule has 3 aromatic rings. The highest BCUT2D eigenvalue weighted by Crippen LogP contribution is 2.21. The molecule has 0 spiro atoms. The number of rotatable bonds is 4. The van der Waals surface area contributed by atoms with Crippen LogP contribution in [-0.2, 0) is 6.54 Å². The Balaban J connectivity index is 1.41. The van der Waals surface area contributed by atoms with Crippen LogP contribution >= 0.6 is 23.1 Å². The molecule has 4 rings (SSSR count). The molecule has 1 aliphatic rings. The van der Waals surface area contributed by atoms with E-state index in [9.17, 15) is 9.59 Å². The fourth-order valence-electron chi connectivity index (χ4n) is 3.44. The fourth-order valence-corrected chi connectivity index (χ4v) is 4.61. The number of fused-ring (bicyclic) bond motifs is 1. The summed E-state index contributed by atoms with van der Waals surface area (Å²) in [5, 5.41) is 1.87. The summed E-state index contributed by atoms with van der Waals surface area (Å²) in [7, 11) is 0. The number of benzene rings is 1. The van der Waals surface area contributed by atoms with Gasteiger partial charge in [0.1, 0.15) is 0 Å². The highest BCUT2D eigenvalue weighted by molar-refractivity contribution is 7.98. The molecule has 0 bridgehead atoms. The first-order valence-electron chi connectivity index (χ1n) is 9.17. The molecule has 0 N–H and O–H groups in total. The molecule has 1 saturated heterocycles. The van der Waals surface area contributed by atoms with Crippen molar-refractivity contribution in [3.63, 3.8) is 0 Å². The van der Waals surface area contributed by atoms with Gasteiger partial charge in [0.2, 0.25) is 0 Å². The van der Waals surface area contributed by atoms with Gasteiger partial charge in [-0.05, 0) is 30.9 Å². The molecule has 0 radical (unpaired) electrons. The van der Waals surface area contributed by atoms with Crippen molar-refractivity contribution < 1.29 is 4.79 Å². The van der Waals surface area contributed by atoms with E-state index in [1.165, 1.54) is 11.3 Å². The zero-order valence-corrected chi connectivity index (χ0v) is 17.6. The molecule has 146 valence electrons. The zero-order valence-electron chi connectivity index (χ0n) is 15.9. The predicted octanol–water partition coefficient (Wildman–Crippen LogP) is 2.74. The van der Waals surface area contributed by atoms with Crippen LogP contribution in [0.25, 0.3) is 4.96 Å². The minimum Gasteiger partial charge on any atom is -0.336 e. The number of nitrogens with zero attached hydrogens (tertiary/aromatic N) is 4. The monoisotopic (exact) mass is 414 g/mol. The van der Waals surface area contributed by atoms with Gasteiger partial charge in [-0.15, -0.1) is 23.1 Å². The molecule has 1 amide bonds. The average Bonchev–Trinajstić information content (AvgIpc) is 3.18. The van der Waals surface area contributed by atoms with Crippen molar-refractivity contribution in [3.8, 4) is 0 Å². The third-order valence-electron chi connectivity index (χ3n) is 5.08. The molecule has 8 heteroatoms. The van der Waals surface area contributed by atoms with E-state index in [0.29, 0.717) is 19.6 Å². The molecule has 1 aromatic carbocycles. The molecule has 1 fully saturated rings. The Morgan fingerprint density at radius 2 is 2.00 bits per heavy atom. The molecule has 0 aliphatic carbocycles.